The Bertz CT molecular complexity index is 1200. The van der Waals surface area contributed by atoms with Gasteiger partial charge in [-0.15, -0.1) is 0 Å². The molecule has 3 aliphatic heterocycles. The molecule has 1 atom stereocenters. The van der Waals surface area contributed by atoms with Gasteiger partial charge in [0.1, 0.15) is 34.0 Å². The maximum absolute atomic E-state index is 12.9. The fourth-order valence-corrected chi connectivity index (χ4v) is 6.55. The van der Waals surface area contributed by atoms with Gasteiger partial charge in [-0.2, -0.15) is 0 Å². The average Bonchev–Trinajstić information content (AvgIpc) is 3.31. The van der Waals surface area contributed by atoms with Gasteiger partial charge in [-0.25, -0.2) is 13.4 Å². The minimum atomic E-state index is -2.98. The van der Waals surface area contributed by atoms with E-state index in [4.69, 9.17) is 14.2 Å². The predicted octanol–water partition coefficient (Wildman–Crippen LogP) is 2.73. The van der Waals surface area contributed by atoms with E-state index < -0.39 is 9.84 Å². The number of hydrogen-bond donors (Lipinski definition) is 0. The van der Waals surface area contributed by atoms with Crippen LogP contribution in [0.25, 0.3) is 0 Å². The van der Waals surface area contributed by atoms with Gasteiger partial charge in [-0.1, -0.05) is 0 Å². The van der Waals surface area contributed by atoms with E-state index in [-0.39, 0.29) is 29.4 Å². The first-order valence-electron chi connectivity index (χ1n) is 12.0. The third-order valence-corrected chi connectivity index (χ3v) is 8.69. The predicted molar refractivity (Wildman–Crippen MR) is 131 cm³/mol. The number of fused-ring (bicyclic) bond motifs is 1. The van der Waals surface area contributed by atoms with Crippen molar-refractivity contribution < 1.29 is 27.4 Å². The molecule has 10 heteroatoms. The molecule has 0 N–H and O–H groups in total. The maximum atomic E-state index is 12.9. The molecule has 1 aromatic heterocycles. The number of aryl methyl sites for hydroxylation is 1. The number of sulfone groups is 1. The lowest BCUT2D eigenvalue weighted by Crippen LogP contribution is -2.39. The quantitative estimate of drug-likeness (QED) is 0.617. The number of carbonyl (C=O) groups excluding carboxylic acids is 1. The third-order valence-electron chi connectivity index (χ3n) is 6.98. The fraction of sp³-hybridized carbons (Fsp3) is 0.520. The molecule has 9 nitrogen and oxygen atoms in total. The molecule has 1 amide bonds. The van der Waals surface area contributed by atoms with Gasteiger partial charge in [-0.05, 0) is 38.0 Å². The minimum Gasteiger partial charge on any atom is -0.490 e. The van der Waals surface area contributed by atoms with Crippen LogP contribution in [0.15, 0.2) is 30.5 Å². The summed E-state index contributed by atoms with van der Waals surface area (Å²) in [5.41, 5.74) is 2.82. The summed E-state index contributed by atoms with van der Waals surface area (Å²) in [7, 11) is -1.37. The molecule has 5 rings (SSSR count). The molecule has 2 fully saturated rings. The van der Waals surface area contributed by atoms with E-state index in [9.17, 15) is 13.2 Å². The molecule has 0 bridgehead atoms. The first-order valence-corrected chi connectivity index (χ1v) is 13.9. The van der Waals surface area contributed by atoms with Crippen molar-refractivity contribution in [3.8, 4) is 17.4 Å². The number of aromatic nitrogens is 1. The lowest BCUT2D eigenvalue weighted by Gasteiger charge is -2.32. The number of ether oxygens (including phenoxy) is 3. The van der Waals surface area contributed by atoms with Crippen LogP contribution >= 0.6 is 0 Å². The Morgan fingerprint density at radius 3 is 2.69 bits per heavy atom. The number of rotatable bonds is 5. The van der Waals surface area contributed by atoms with Crippen LogP contribution in [-0.4, -0.2) is 75.2 Å². The van der Waals surface area contributed by atoms with E-state index >= 15 is 0 Å². The summed E-state index contributed by atoms with van der Waals surface area (Å²) in [6, 6.07) is 7.84. The molecule has 0 spiro atoms. The van der Waals surface area contributed by atoms with Gasteiger partial charge < -0.3 is 24.0 Å². The normalized spacial score (nSPS) is 21.8. The zero-order valence-corrected chi connectivity index (χ0v) is 20.9. The van der Waals surface area contributed by atoms with Gasteiger partial charge in [0.25, 0.3) is 0 Å². The Morgan fingerprint density at radius 1 is 1.14 bits per heavy atom. The van der Waals surface area contributed by atoms with Crippen LogP contribution in [0.4, 0.5) is 11.4 Å². The molecule has 0 saturated carbocycles. The van der Waals surface area contributed by atoms with Crippen molar-refractivity contribution in [3.05, 3.63) is 36.0 Å². The Kier molecular flexibility index (Phi) is 6.48. The van der Waals surface area contributed by atoms with Crippen LogP contribution in [0.2, 0.25) is 0 Å². The van der Waals surface area contributed by atoms with E-state index in [2.05, 4.69) is 9.88 Å². The Balaban J connectivity index is 1.26. The summed E-state index contributed by atoms with van der Waals surface area (Å²) in [5, 5.41) is 0. The van der Waals surface area contributed by atoms with E-state index in [0.717, 1.165) is 34.9 Å². The minimum absolute atomic E-state index is 0.0541. The van der Waals surface area contributed by atoms with E-state index in [0.29, 0.717) is 45.0 Å². The van der Waals surface area contributed by atoms with Crippen LogP contribution in [0.5, 0.6) is 17.4 Å². The van der Waals surface area contributed by atoms with Crippen LogP contribution in [0, 0.1) is 12.8 Å². The highest BCUT2D eigenvalue weighted by Gasteiger charge is 2.35. The van der Waals surface area contributed by atoms with Crippen molar-refractivity contribution in [3.63, 3.8) is 0 Å². The number of amides is 1. The summed E-state index contributed by atoms with van der Waals surface area (Å²) < 4.78 is 40.8. The Morgan fingerprint density at radius 2 is 1.94 bits per heavy atom. The smallest absolute Gasteiger partial charge is 0.225 e. The standard InChI is InChI=1S/C25H31N3O6S/c1-17-13-19(15-26-24(17)32-2)28-9-10-33-23-4-3-20(14-22(23)28)34-21-5-8-27(16-21)25(29)18-6-11-35(30,31)12-7-18/h3-4,13-15,18,21H,5-12,16H2,1-2H3. The van der Waals surface area contributed by atoms with Gasteiger partial charge >= 0.3 is 0 Å². The van der Waals surface area contributed by atoms with Crippen LogP contribution in [0.3, 0.4) is 0 Å². The molecule has 3 aliphatic rings. The molecule has 4 heterocycles. The van der Waals surface area contributed by atoms with Crippen molar-refractivity contribution in [2.75, 3.05) is 49.8 Å². The second-order valence-electron chi connectivity index (χ2n) is 9.39. The van der Waals surface area contributed by atoms with Crippen LogP contribution in [0.1, 0.15) is 24.8 Å². The molecule has 1 aromatic carbocycles. The van der Waals surface area contributed by atoms with E-state index in [1.807, 2.05) is 36.1 Å². The maximum Gasteiger partial charge on any atom is 0.225 e. The fourth-order valence-electron chi connectivity index (χ4n) is 5.06. The van der Waals surface area contributed by atoms with Crippen molar-refractivity contribution in [1.82, 2.24) is 9.88 Å². The van der Waals surface area contributed by atoms with Crippen LogP contribution < -0.4 is 19.1 Å². The lowest BCUT2D eigenvalue weighted by molar-refractivity contribution is -0.135. The van der Waals surface area contributed by atoms with Gasteiger partial charge in [-0.3, -0.25) is 4.79 Å². The monoisotopic (exact) mass is 501 g/mol. The highest BCUT2D eigenvalue weighted by atomic mass is 32.2. The van der Waals surface area contributed by atoms with Gasteiger partial charge in [0, 0.05) is 30.5 Å². The molecule has 1 unspecified atom stereocenters. The van der Waals surface area contributed by atoms with Gasteiger partial charge in [0.2, 0.25) is 11.8 Å². The van der Waals surface area contributed by atoms with Gasteiger partial charge in [0.05, 0.1) is 49.3 Å². The summed E-state index contributed by atoms with van der Waals surface area (Å²) >= 11 is 0. The Labute approximate surface area is 205 Å². The van der Waals surface area contributed by atoms with Crippen LogP contribution in [-0.2, 0) is 14.6 Å². The van der Waals surface area contributed by atoms with Crippen molar-refractivity contribution in [2.24, 2.45) is 5.92 Å². The molecule has 35 heavy (non-hydrogen) atoms. The molecular weight excluding hydrogens is 470 g/mol. The number of hydrogen-bond acceptors (Lipinski definition) is 8. The highest BCUT2D eigenvalue weighted by molar-refractivity contribution is 7.91. The SMILES string of the molecule is COc1ncc(N2CCOc3ccc(OC4CCN(C(=O)C5CCS(=O)(=O)CC5)C4)cc32)cc1C. The molecular formula is C25H31N3O6S. The second-order valence-corrected chi connectivity index (χ2v) is 11.7. The molecule has 188 valence electrons. The highest BCUT2D eigenvalue weighted by Crippen LogP contribution is 2.40. The van der Waals surface area contributed by atoms with E-state index in [1.165, 1.54) is 0 Å². The number of methoxy groups -OCH3 is 1. The molecule has 0 aliphatic carbocycles. The number of anilines is 2. The number of pyridine rings is 1. The first kappa shape index (κ1) is 23.7. The van der Waals surface area contributed by atoms with Crippen molar-refractivity contribution in [1.29, 1.82) is 0 Å². The molecule has 2 saturated heterocycles. The lowest BCUT2D eigenvalue weighted by atomic mass is 10.0. The number of benzene rings is 1. The second kappa shape index (κ2) is 9.56. The van der Waals surface area contributed by atoms with Gasteiger partial charge in [0.15, 0.2) is 0 Å². The zero-order chi connectivity index (χ0) is 24.6. The summed E-state index contributed by atoms with van der Waals surface area (Å²) in [6.07, 6.45) is 3.28. The number of nitrogens with zero attached hydrogens (tertiary/aromatic N) is 3. The number of carbonyl (C=O) groups is 1. The number of likely N-dealkylation sites (tertiary alicyclic amines) is 1. The molecule has 0 radical (unpaired) electrons. The Hall–Kier alpha value is -3.01. The summed E-state index contributed by atoms with van der Waals surface area (Å²) in [4.78, 5) is 21.3. The topological polar surface area (TPSA) is 98.3 Å². The van der Waals surface area contributed by atoms with E-state index in [1.54, 1.807) is 13.3 Å². The largest absolute Gasteiger partial charge is 0.490 e. The van der Waals surface area contributed by atoms with Crippen molar-refractivity contribution in [2.45, 2.75) is 32.3 Å². The van der Waals surface area contributed by atoms with Crippen molar-refractivity contribution >= 4 is 27.1 Å². The summed E-state index contributed by atoms with van der Waals surface area (Å²) in [5.74, 6) is 2.18. The average molecular weight is 502 g/mol. The zero-order valence-electron chi connectivity index (χ0n) is 20.1. The third kappa shape index (κ3) is 5.03. The molecule has 2 aromatic rings. The summed E-state index contributed by atoms with van der Waals surface area (Å²) in [6.45, 7) is 4.37. The first-order chi connectivity index (χ1) is 16.8.